The topological polar surface area (TPSA) is 69.6 Å². The number of aromatic nitrogens is 6. The van der Waals surface area contributed by atoms with Crippen LogP contribution in [0, 0.1) is 12.1 Å². The minimum atomic E-state index is 0. The van der Waals surface area contributed by atoms with E-state index in [4.69, 9.17) is 24.7 Å². The Morgan fingerprint density at radius 2 is 0.917 bits per heavy atom. The van der Waals surface area contributed by atoms with Crippen LogP contribution in [0.4, 0.5) is 0 Å². The van der Waals surface area contributed by atoms with Crippen LogP contribution in [0.3, 0.4) is 0 Å². The van der Waals surface area contributed by atoms with Gasteiger partial charge in [-0.25, -0.2) is 9.97 Å². The number of hydrogen-bond donors (Lipinski definition) is 0. The van der Waals surface area contributed by atoms with E-state index in [2.05, 4.69) is 60.7 Å². The number of rotatable bonds is 4. The largest absolute Gasteiger partial charge is 2.00 e. The van der Waals surface area contributed by atoms with Crippen LogP contribution in [0.15, 0.2) is 134 Å². The molecule has 0 fully saturated rings. The fourth-order valence-electron chi connectivity index (χ4n) is 6.52. The summed E-state index contributed by atoms with van der Waals surface area (Å²) in [5, 5.41) is 5.75. The molecule has 4 aromatic carbocycles. The zero-order valence-corrected chi connectivity index (χ0v) is 27.4. The summed E-state index contributed by atoms with van der Waals surface area (Å²) in [4.78, 5) is 19.5. The monoisotopic (exact) mass is 797 g/mol. The number of nitrogens with zero attached hydrogens (tertiary/aromatic N) is 6. The zero-order valence-electron chi connectivity index (χ0n) is 25.1. The minimum Gasteiger partial charge on any atom is -0.497 e. The Morgan fingerprint density at radius 3 is 1.38 bits per heavy atom. The molecule has 0 atom stereocenters. The van der Waals surface area contributed by atoms with Crippen molar-refractivity contribution in [1.82, 2.24) is 28.7 Å². The van der Waals surface area contributed by atoms with Crippen LogP contribution in [-0.4, -0.2) is 28.7 Å². The average Bonchev–Trinajstić information content (AvgIpc) is 3.80. The maximum absolute atomic E-state index is 6.48. The maximum Gasteiger partial charge on any atom is 2.00 e. The van der Waals surface area contributed by atoms with Gasteiger partial charge in [-0.05, 0) is 22.9 Å². The second kappa shape index (κ2) is 11.1. The van der Waals surface area contributed by atoms with Crippen LogP contribution in [-0.2, 0) is 21.1 Å². The van der Waals surface area contributed by atoms with E-state index in [0.29, 0.717) is 11.5 Å². The smallest absolute Gasteiger partial charge is 0.497 e. The Labute approximate surface area is 288 Å². The van der Waals surface area contributed by atoms with Gasteiger partial charge in [0, 0.05) is 47.4 Å². The van der Waals surface area contributed by atoms with E-state index in [9.17, 15) is 0 Å². The van der Waals surface area contributed by atoms with Gasteiger partial charge in [0.25, 0.3) is 0 Å². The van der Waals surface area contributed by atoms with Gasteiger partial charge in [0.2, 0.25) is 0 Å². The van der Waals surface area contributed by atoms with Crippen LogP contribution >= 0.6 is 0 Å². The van der Waals surface area contributed by atoms with E-state index < -0.39 is 0 Å². The van der Waals surface area contributed by atoms with E-state index in [1.165, 1.54) is 0 Å². The molecule has 228 valence electrons. The first-order chi connectivity index (χ1) is 23.3. The predicted octanol–water partition coefficient (Wildman–Crippen LogP) is 9.11. The van der Waals surface area contributed by atoms with Crippen molar-refractivity contribution < 1.29 is 25.8 Å². The van der Waals surface area contributed by atoms with E-state index in [1.807, 2.05) is 94.3 Å². The van der Waals surface area contributed by atoms with Crippen LogP contribution in [0.2, 0.25) is 0 Å². The van der Waals surface area contributed by atoms with Crippen molar-refractivity contribution in [2.75, 3.05) is 0 Å². The molecule has 7 nitrogen and oxygen atoms in total. The summed E-state index contributed by atoms with van der Waals surface area (Å²) in [5.74, 6) is 1.13. The van der Waals surface area contributed by atoms with Crippen molar-refractivity contribution in [1.29, 1.82) is 0 Å². The molecule has 48 heavy (non-hydrogen) atoms. The summed E-state index contributed by atoms with van der Waals surface area (Å²) in [7, 11) is 0. The first-order valence-corrected chi connectivity index (χ1v) is 15.3. The van der Waals surface area contributed by atoms with Crippen molar-refractivity contribution in [2.45, 2.75) is 0 Å². The molecule has 0 radical (unpaired) electrons. The average molecular weight is 798 g/mol. The van der Waals surface area contributed by atoms with Crippen LogP contribution < -0.4 is 4.74 Å². The summed E-state index contributed by atoms with van der Waals surface area (Å²) < 4.78 is 10.6. The molecular formula is C40H22N6OPt. The molecule has 0 unspecified atom stereocenters. The summed E-state index contributed by atoms with van der Waals surface area (Å²) in [6.45, 7) is 0. The van der Waals surface area contributed by atoms with Crippen molar-refractivity contribution in [3.63, 3.8) is 0 Å². The summed E-state index contributed by atoms with van der Waals surface area (Å²) >= 11 is 0. The van der Waals surface area contributed by atoms with Crippen molar-refractivity contribution in [2.24, 2.45) is 0 Å². The Kier molecular flexibility index (Phi) is 6.56. The molecule has 6 heterocycles. The van der Waals surface area contributed by atoms with Crippen LogP contribution in [0.1, 0.15) is 0 Å². The van der Waals surface area contributed by atoms with Gasteiger partial charge in [0.05, 0.1) is 22.7 Å². The number of ether oxygens (including phenoxy) is 1. The van der Waals surface area contributed by atoms with Crippen molar-refractivity contribution in [3.8, 4) is 34.0 Å². The molecule has 0 amide bonds. The fourth-order valence-corrected chi connectivity index (χ4v) is 6.52. The maximum atomic E-state index is 6.48. The van der Waals surface area contributed by atoms with E-state index in [-0.39, 0.29) is 21.1 Å². The van der Waals surface area contributed by atoms with Gasteiger partial charge < -0.3 is 13.5 Å². The van der Waals surface area contributed by atoms with Gasteiger partial charge in [0.1, 0.15) is 11.3 Å². The quantitative estimate of drug-likeness (QED) is 0.131. The van der Waals surface area contributed by atoms with Gasteiger partial charge in [-0.2, -0.15) is 0 Å². The third-order valence-corrected chi connectivity index (χ3v) is 8.67. The summed E-state index contributed by atoms with van der Waals surface area (Å²) in [6, 6.07) is 43.5. The summed E-state index contributed by atoms with van der Waals surface area (Å²) in [6.07, 6.45) is 7.70. The predicted molar refractivity (Wildman–Crippen MR) is 185 cm³/mol. The van der Waals surface area contributed by atoms with E-state index in [1.54, 1.807) is 0 Å². The molecule has 0 bridgehead atoms. The molecule has 0 N–H and O–H groups in total. The van der Waals surface area contributed by atoms with Gasteiger partial charge in [0.15, 0.2) is 0 Å². The summed E-state index contributed by atoms with van der Waals surface area (Å²) in [5.41, 5.74) is 7.03. The van der Waals surface area contributed by atoms with Gasteiger partial charge >= 0.3 is 21.1 Å². The first kappa shape index (κ1) is 28.3. The second-order valence-electron chi connectivity index (χ2n) is 11.4. The number of fused-ring (bicyclic) bond motifs is 12. The van der Waals surface area contributed by atoms with Crippen molar-refractivity contribution >= 4 is 54.9 Å². The van der Waals surface area contributed by atoms with Gasteiger partial charge in [-0.1, -0.05) is 119 Å². The zero-order chi connectivity index (χ0) is 30.9. The Bertz CT molecular complexity index is 2630. The van der Waals surface area contributed by atoms with E-state index in [0.717, 1.165) is 77.4 Å². The molecule has 0 aliphatic rings. The van der Waals surface area contributed by atoms with Gasteiger partial charge in [-0.3, -0.25) is 9.97 Å². The fraction of sp³-hybridized carbons (Fsp3) is 0. The van der Waals surface area contributed by atoms with E-state index >= 15 is 0 Å². The SMILES string of the molecule is [Pt+2].[c-]1c(Oc2[c-]c3c(cc2)c2cccnc2n2cc(-c4ccccc4)nc32)ccc2c1c1nc(-c3ccccc3)cn1c1ncccc21. The molecule has 0 aliphatic heterocycles. The number of pyridine rings is 4. The molecule has 0 aliphatic carbocycles. The van der Waals surface area contributed by atoms with Crippen LogP contribution in [0.5, 0.6) is 11.5 Å². The normalized spacial score (nSPS) is 11.6. The number of hydrogen-bond acceptors (Lipinski definition) is 5. The first-order valence-electron chi connectivity index (χ1n) is 15.3. The minimum absolute atomic E-state index is 0. The third-order valence-electron chi connectivity index (χ3n) is 8.67. The molecule has 10 rings (SSSR count). The Hall–Kier alpha value is -5.91. The molecule has 0 saturated carbocycles. The second-order valence-corrected chi connectivity index (χ2v) is 11.4. The third kappa shape index (κ3) is 4.39. The standard InChI is InChI=1S/C40H22N6O.Pt/c1-3-9-25(10-4-1)35-23-45-37-31(13-7-19-41-37)29-17-15-27(21-33(29)39(45)43-35)47-28-16-18-30-32-14-8-20-42-38(32)46-24-36(26-11-5-2-6-12-26)44-40(46)34(30)22-28;/h1-20,23-24H;/q-2;+2. The number of imidazole rings is 2. The molecule has 10 aromatic rings. The number of benzene rings is 4. The Morgan fingerprint density at radius 1 is 0.458 bits per heavy atom. The van der Waals surface area contributed by atoms with Gasteiger partial charge in [-0.15, -0.1) is 12.1 Å². The molecule has 0 saturated heterocycles. The van der Waals surface area contributed by atoms with Crippen LogP contribution in [0.25, 0.3) is 77.4 Å². The molecule has 0 spiro atoms. The molecule has 6 aromatic heterocycles. The molecule has 8 heteroatoms. The molecular weight excluding hydrogens is 776 g/mol. The van der Waals surface area contributed by atoms with Crippen molar-refractivity contribution in [3.05, 3.63) is 146 Å². The Balaban J connectivity index is 0.00000314.